The van der Waals surface area contributed by atoms with Crippen LogP contribution in [0.15, 0.2) is 18.3 Å². The molecule has 1 N–H and O–H groups in total. The molecule has 96 valence electrons. The Morgan fingerprint density at radius 3 is 3.00 bits per heavy atom. The Labute approximate surface area is 112 Å². The number of rotatable bonds is 5. The summed E-state index contributed by atoms with van der Waals surface area (Å²) >= 11 is 7.32. The highest BCUT2D eigenvalue weighted by Crippen LogP contribution is 2.23. The lowest BCUT2D eigenvalue weighted by Gasteiger charge is -2.00. The van der Waals surface area contributed by atoms with Crippen molar-refractivity contribution in [3.63, 3.8) is 0 Å². The third-order valence-corrected chi connectivity index (χ3v) is 3.59. The first kappa shape index (κ1) is 12.8. The first-order valence-corrected chi connectivity index (χ1v) is 6.42. The molecule has 2 rings (SSSR count). The van der Waals surface area contributed by atoms with Crippen molar-refractivity contribution in [2.75, 3.05) is 11.9 Å². The summed E-state index contributed by atoms with van der Waals surface area (Å²) in [5, 5.41) is 17.7. The maximum absolute atomic E-state index is 10.8. The molecule has 8 heteroatoms. The van der Waals surface area contributed by atoms with Crippen LogP contribution in [-0.4, -0.2) is 21.2 Å². The number of thiophene rings is 1. The number of hydrogen-bond donors (Lipinski definition) is 1. The van der Waals surface area contributed by atoms with E-state index in [1.165, 1.54) is 22.2 Å². The van der Waals surface area contributed by atoms with Gasteiger partial charge in [-0.15, -0.1) is 16.4 Å². The lowest BCUT2D eigenvalue weighted by Crippen LogP contribution is -2.06. The molecule has 0 aliphatic heterocycles. The molecule has 0 saturated heterocycles. The first-order valence-electron chi connectivity index (χ1n) is 5.22. The van der Waals surface area contributed by atoms with Gasteiger partial charge >= 0.3 is 5.69 Å². The Morgan fingerprint density at radius 2 is 2.39 bits per heavy atom. The van der Waals surface area contributed by atoms with Crippen molar-refractivity contribution in [1.82, 2.24) is 9.78 Å². The number of nitro groups is 1. The summed E-state index contributed by atoms with van der Waals surface area (Å²) in [6, 6.07) is 3.78. The number of halogens is 1. The molecule has 0 amide bonds. The predicted molar refractivity (Wildman–Crippen MR) is 71.4 cm³/mol. The van der Waals surface area contributed by atoms with Crippen molar-refractivity contribution in [3.05, 3.63) is 37.7 Å². The first-order chi connectivity index (χ1) is 8.56. The van der Waals surface area contributed by atoms with Crippen LogP contribution in [0.2, 0.25) is 4.34 Å². The zero-order chi connectivity index (χ0) is 13.1. The topological polar surface area (TPSA) is 73.0 Å². The van der Waals surface area contributed by atoms with Gasteiger partial charge in [0.2, 0.25) is 5.82 Å². The minimum atomic E-state index is -0.447. The van der Waals surface area contributed by atoms with E-state index >= 15 is 0 Å². The average Bonchev–Trinajstić information content (AvgIpc) is 2.85. The zero-order valence-electron chi connectivity index (χ0n) is 9.59. The van der Waals surface area contributed by atoms with Gasteiger partial charge < -0.3 is 5.32 Å². The maximum Gasteiger partial charge on any atom is 0.330 e. The molecule has 0 atom stereocenters. The van der Waals surface area contributed by atoms with Crippen LogP contribution in [0.5, 0.6) is 0 Å². The van der Waals surface area contributed by atoms with Gasteiger partial charge in [-0.25, -0.2) is 0 Å². The highest BCUT2D eigenvalue weighted by molar-refractivity contribution is 7.16. The fourth-order valence-electron chi connectivity index (χ4n) is 1.53. The van der Waals surface area contributed by atoms with Crippen molar-refractivity contribution in [3.8, 4) is 0 Å². The predicted octanol–water partition coefficient (Wildman–Crippen LogP) is 2.70. The van der Waals surface area contributed by atoms with Gasteiger partial charge in [-0.1, -0.05) is 11.6 Å². The molecule has 0 aliphatic rings. The van der Waals surface area contributed by atoms with E-state index in [-0.39, 0.29) is 5.69 Å². The molecule has 0 aliphatic carbocycles. The van der Waals surface area contributed by atoms with Crippen LogP contribution in [0.1, 0.15) is 4.88 Å². The van der Waals surface area contributed by atoms with E-state index in [0.717, 1.165) is 15.6 Å². The van der Waals surface area contributed by atoms with Gasteiger partial charge in [0, 0.05) is 18.5 Å². The van der Waals surface area contributed by atoms with Gasteiger partial charge in [-0.3, -0.25) is 14.8 Å². The summed E-state index contributed by atoms with van der Waals surface area (Å²) in [6.07, 6.45) is 2.13. The lowest BCUT2D eigenvalue weighted by molar-refractivity contribution is -0.384. The molecule has 2 aromatic rings. The van der Waals surface area contributed by atoms with E-state index in [2.05, 4.69) is 10.4 Å². The highest BCUT2D eigenvalue weighted by Gasteiger charge is 2.17. The van der Waals surface area contributed by atoms with Crippen molar-refractivity contribution >= 4 is 34.4 Å². The van der Waals surface area contributed by atoms with E-state index in [4.69, 9.17) is 11.6 Å². The standard InChI is InChI=1S/C10H11ClN4O2S/c1-14-6-8(15(16)17)10(13-14)12-5-4-7-2-3-9(11)18-7/h2-3,6H,4-5H2,1H3,(H,12,13). The number of anilines is 1. The van der Waals surface area contributed by atoms with Gasteiger partial charge in [0.25, 0.3) is 0 Å². The zero-order valence-corrected chi connectivity index (χ0v) is 11.2. The minimum Gasteiger partial charge on any atom is -0.363 e. The number of nitrogens with zero attached hydrogens (tertiary/aromatic N) is 3. The fourth-order valence-corrected chi connectivity index (χ4v) is 2.61. The monoisotopic (exact) mass is 286 g/mol. The molecule has 0 unspecified atom stereocenters. The molecule has 0 radical (unpaired) electrons. The third kappa shape index (κ3) is 2.99. The Morgan fingerprint density at radius 1 is 1.61 bits per heavy atom. The van der Waals surface area contributed by atoms with Gasteiger partial charge in [0.1, 0.15) is 6.20 Å². The third-order valence-electron chi connectivity index (χ3n) is 2.30. The van der Waals surface area contributed by atoms with Crippen molar-refractivity contribution < 1.29 is 4.92 Å². The van der Waals surface area contributed by atoms with Crippen LogP contribution >= 0.6 is 22.9 Å². The number of aromatic nitrogens is 2. The largest absolute Gasteiger partial charge is 0.363 e. The van der Waals surface area contributed by atoms with Gasteiger partial charge in [-0.2, -0.15) is 0 Å². The summed E-state index contributed by atoms with van der Waals surface area (Å²) in [5.74, 6) is 0.296. The number of aryl methyl sites for hydroxylation is 1. The average molecular weight is 287 g/mol. The quantitative estimate of drug-likeness (QED) is 0.677. The normalized spacial score (nSPS) is 10.6. The Balaban J connectivity index is 1.96. The van der Waals surface area contributed by atoms with Crippen molar-refractivity contribution in [1.29, 1.82) is 0 Å². The molecule has 0 bridgehead atoms. The summed E-state index contributed by atoms with van der Waals surface area (Å²) in [5.41, 5.74) is -0.0123. The second kappa shape index (κ2) is 5.36. The molecule has 2 heterocycles. The minimum absolute atomic E-state index is 0.0123. The van der Waals surface area contributed by atoms with Crippen LogP contribution in [0, 0.1) is 10.1 Å². The summed E-state index contributed by atoms with van der Waals surface area (Å²) in [6.45, 7) is 0.578. The SMILES string of the molecule is Cn1cc([N+](=O)[O-])c(NCCc2ccc(Cl)s2)n1. The second-order valence-corrected chi connectivity index (χ2v) is 5.48. The molecule has 0 fully saturated rings. The van der Waals surface area contributed by atoms with E-state index in [1.54, 1.807) is 7.05 Å². The fraction of sp³-hybridized carbons (Fsp3) is 0.300. The van der Waals surface area contributed by atoms with Gasteiger partial charge in [0.15, 0.2) is 0 Å². The van der Waals surface area contributed by atoms with Crippen LogP contribution in [-0.2, 0) is 13.5 Å². The van der Waals surface area contributed by atoms with E-state index in [1.807, 2.05) is 12.1 Å². The molecular weight excluding hydrogens is 276 g/mol. The summed E-state index contributed by atoms with van der Waals surface area (Å²) < 4.78 is 2.16. The summed E-state index contributed by atoms with van der Waals surface area (Å²) in [4.78, 5) is 11.5. The Bertz CT molecular complexity index is 566. The molecule has 18 heavy (non-hydrogen) atoms. The summed E-state index contributed by atoms with van der Waals surface area (Å²) in [7, 11) is 1.65. The smallest absolute Gasteiger partial charge is 0.330 e. The molecular formula is C10H11ClN4O2S. The molecule has 0 aromatic carbocycles. The Kier molecular flexibility index (Phi) is 3.83. The van der Waals surface area contributed by atoms with Crippen molar-refractivity contribution in [2.45, 2.75) is 6.42 Å². The van der Waals surface area contributed by atoms with Crippen LogP contribution in [0.4, 0.5) is 11.5 Å². The number of nitrogens with one attached hydrogen (secondary N) is 1. The molecule has 6 nitrogen and oxygen atoms in total. The van der Waals surface area contributed by atoms with Crippen LogP contribution in [0.25, 0.3) is 0 Å². The van der Waals surface area contributed by atoms with Gasteiger partial charge in [-0.05, 0) is 18.6 Å². The molecule has 2 aromatic heterocycles. The lowest BCUT2D eigenvalue weighted by atomic mass is 10.3. The molecule has 0 spiro atoms. The second-order valence-electron chi connectivity index (χ2n) is 3.68. The molecule has 0 saturated carbocycles. The Hall–Kier alpha value is -1.60. The van der Waals surface area contributed by atoms with Crippen molar-refractivity contribution in [2.24, 2.45) is 7.05 Å². The van der Waals surface area contributed by atoms with E-state index < -0.39 is 4.92 Å². The number of hydrogen-bond acceptors (Lipinski definition) is 5. The maximum atomic E-state index is 10.8. The highest BCUT2D eigenvalue weighted by atomic mass is 35.5. The van der Waals surface area contributed by atoms with Crippen LogP contribution < -0.4 is 5.32 Å². The van der Waals surface area contributed by atoms with E-state index in [9.17, 15) is 10.1 Å². The van der Waals surface area contributed by atoms with Crippen LogP contribution in [0.3, 0.4) is 0 Å². The van der Waals surface area contributed by atoms with Gasteiger partial charge in [0.05, 0.1) is 9.26 Å². The van der Waals surface area contributed by atoms with E-state index in [0.29, 0.717) is 12.4 Å².